The highest BCUT2D eigenvalue weighted by Gasteiger charge is 2.22. The fourth-order valence-corrected chi connectivity index (χ4v) is 4.74. The molecular formula is C16H24BrNS. The fourth-order valence-electron chi connectivity index (χ4n) is 2.80. The molecular weight excluding hydrogens is 318 g/mol. The van der Waals surface area contributed by atoms with Crippen molar-refractivity contribution in [2.45, 2.75) is 61.6 Å². The van der Waals surface area contributed by atoms with Crippen molar-refractivity contribution in [3.8, 4) is 0 Å². The minimum atomic E-state index is 0.675. The molecule has 0 aliphatic heterocycles. The maximum Gasteiger partial charge on any atom is 0.0248 e. The number of nitrogens with one attached hydrogen (secondary N) is 1. The molecule has 1 nitrogen and oxygen atoms in total. The van der Waals surface area contributed by atoms with Gasteiger partial charge in [-0.3, -0.25) is 0 Å². The SMILES string of the molecule is CCNC1CCCCCCC1Sc1cccc(Br)c1. The number of thioether (sulfide) groups is 1. The first-order chi connectivity index (χ1) is 9.29. The van der Waals surface area contributed by atoms with Gasteiger partial charge in [0.2, 0.25) is 0 Å². The molecule has 3 heteroatoms. The Kier molecular flexibility index (Phi) is 6.75. The molecule has 2 unspecified atom stereocenters. The van der Waals surface area contributed by atoms with Crippen LogP contribution in [0.25, 0.3) is 0 Å². The summed E-state index contributed by atoms with van der Waals surface area (Å²) in [5, 5.41) is 4.42. The predicted octanol–water partition coefficient (Wildman–Crippen LogP) is 5.24. The molecule has 0 spiro atoms. The van der Waals surface area contributed by atoms with E-state index in [1.165, 1.54) is 47.9 Å². The van der Waals surface area contributed by atoms with E-state index in [1.807, 2.05) is 0 Å². The third kappa shape index (κ3) is 5.13. The highest BCUT2D eigenvalue weighted by molar-refractivity contribution is 9.10. The van der Waals surface area contributed by atoms with Crippen LogP contribution in [0.5, 0.6) is 0 Å². The third-order valence-corrected chi connectivity index (χ3v) is 5.64. The molecule has 1 saturated carbocycles. The summed E-state index contributed by atoms with van der Waals surface area (Å²) in [6.45, 7) is 3.31. The molecule has 1 N–H and O–H groups in total. The fraction of sp³-hybridized carbons (Fsp3) is 0.625. The molecule has 19 heavy (non-hydrogen) atoms. The zero-order valence-electron chi connectivity index (χ0n) is 11.7. The summed E-state index contributed by atoms with van der Waals surface area (Å²) < 4.78 is 1.18. The first-order valence-electron chi connectivity index (χ1n) is 7.45. The molecule has 1 aromatic carbocycles. The van der Waals surface area contributed by atoms with Crippen molar-refractivity contribution < 1.29 is 0 Å². The first-order valence-corrected chi connectivity index (χ1v) is 9.12. The van der Waals surface area contributed by atoms with Gasteiger partial charge < -0.3 is 5.32 Å². The standard InChI is InChI=1S/C16H24BrNS/c1-2-18-15-10-5-3-4-6-11-16(15)19-14-9-7-8-13(17)12-14/h7-9,12,15-16,18H,2-6,10-11H2,1H3. The lowest BCUT2D eigenvalue weighted by molar-refractivity contribution is 0.406. The van der Waals surface area contributed by atoms with Crippen LogP contribution >= 0.6 is 27.7 Å². The van der Waals surface area contributed by atoms with Crippen LogP contribution in [0.1, 0.15) is 45.4 Å². The van der Waals surface area contributed by atoms with Gasteiger partial charge in [0.25, 0.3) is 0 Å². The van der Waals surface area contributed by atoms with Crippen LogP contribution in [0.2, 0.25) is 0 Å². The van der Waals surface area contributed by atoms with Gasteiger partial charge in [-0.15, -0.1) is 11.8 Å². The van der Waals surface area contributed by atoms with Gasteiger partial charge in [0.1, 0.15) is 0 Å². The van der Waals surface area contributed by atoms with Gasteiger partial charge in [0.15, 0.2) is 0 Å². The van der Waals surface area contributed by atoms with Crippen LogP contribution < -0.4 is 5.32 Å². The molecule has 1 aromatic rings. The van der Waals surface area contributed by atoms with Crippen LogP contribution in [-0.2, 0) is 0 Å². The molecule has 0 bridgehead atoms. The highest BCUT2D eigenvalue weighted by Crippen LogP contribution is 2.33. The zero-order valence-corrected chi connectivity index (χ0v) is 14.1. The van der Waals surface area contributed by atoms with Gasteiger partial charge in [-0.05, 0) is 37.6 Å². The van der Waals surface area contributed by atoms with Crippen molar-refractivity contribution >= 4 is 27.7 Å². The number of halogens is 1. The van der Waals surface area contributed by atoms with E-state index in [9.17, 15) is 0 Å². The summed E-state index contributed by atoms with van der Waals surface area (Å²) in [4.78, 5) is 1.39. The maximum atomic E-state index is 3.70. The van der Waals surface area contributed by atoms with E-state index < -0.39 is 0 Å². The summed E-state index contributed by atoms with van der Waals surface area (Å²) in [5.74, 6) is 0. The van der Waals surface area contributed by atoms with E-state index >= 15 is 0 Å². The largest absolute Gasteiger partial charge is 0.313 e. The quantitative estimate of drug-likeness (QED) is 0.803. The Morgan fingerprint density at radius 3 is 2.74 bits per heavy atom. The summed E-state index contributed by atoms with van der Waals surface area (Å²) >= 11 is 5.63. The predicted molar refractivity (Wildman–Crippen MR) is 89.0 cm³/mol. The molecule has 106 valence electrons. The normalized spacial score (nSPS) is 24.7. The summed E-state index contributed by atoms with van der Waals surface area (Å²) in [6, 6.07) is 9.39. The first kappa shape index (κ1) is 15.4. The number of rotatable bonds is 4. The van der Waals surface area contributed by atoms with Crippen LogP contribution in [-0.4, -0.2) is 17.8 Å². The van der Waals surface area contributed by atoms with Crippen molar-refractivity contribution in [1.82, 2.24) is 5.32 Å². The van der Waals surface area contributed by atoms with Crippen molar-refractivity contribution in [3.63, 3.8) is 0 Å². The minimum Gasteiger partial charge on any atom is -0.313 e. The van der Waals surface area contributed by atoms with Crippen molar-refractivity contribution in [2.24, 2.45) is 0 Å². The lowest BCUT2D eigenvalue weighted by Gasteiger charge is -2.29. The number of benzene rings is 1. The van der Waals surface area contributed by atoms with Gasteiger partial charge in [0, 0.05) is 20.7 Å². The van der Waals surface area contributed by atoms with Crippen molar-refractivity contribution in [1.29, 1.82) is 0 Å². The van der Waals surface area contributed by atoms with E-state index in [0.717, 1.165) is 11.8 Å². The monoisotopic (exact) mass is 341 g/mol. The third-order valence-electron chi connectivity index (χ3n) is 3.75. The number of hydrogen-bond donors (Lipinski definition) is 1. The van der Waals surface area contributed by atoms with E-state index in [2.05, 4.69) is 64.2 Å². The molecule has 0 amide bonds. The summed E-state index contributed by atoms with van der Waals surface area (Å²) in [7, 11) is 0. The van der Waals surface area contributed by atoms with Gasteiger partial charge >= 0.3 is 0 Å². The number of hydrogen-bond acceptors (Lipinski definition) is 2. The topological polar surface area (TPSA) is 12.0 Å². The Balaban J connectivity index is 2.03. The smallest absolute Gasteiger partial charge is 0.0248 e. The summed E-state index contributed by atoms with van der Waals surface area (Å²) in [6.07, 6.45) is 8.26. The Labute approximate surface area is 130 Å². The van der Waals surface area contributed by atoms with Crippen molar-refractivity contribution in [3.05, 3.63) is 28.7 Å². The van der Waals surface area contributed by atoms with E-state index in [-0.39, 0.29) is 0 Å². The Bertz CT molecular complexity index is 383. The Hall–Kier alpha value is 0.01000. The van der Waals surface area contributed by atoms with Gasteiger partial charge in [-0.1, -0.05) is 54.6 Å². The molecule has 2 rings (SSSR count). The Morgan fingerprint density at radius 1 is 1.21 bits per heavy atom. The molecule has 0 heterocycles. The van der Waals surface area contributed by atoms with Gasteiger partial charge in [0.05, 0.1) is 0 Å². The molecule has 0 saturated heterocycles. The van der Waals surface area contributed by atoms with Gasteiger partial charge in [-0.2, -0.15) is 0 Å². The lowest BCUT2D eigenvalue weighted by atomic mass is 9.96. The molecule has 2 atom stereocenters. The second kappa shape index (κ2) is 8.33. The highest BCUT2D eigenvalue weighted by atomic mass is 79.9. The second-order valence-corrected chi connectivity index (χ2v) is 7.50. The van der Waals surface area contributed by atoms with E-state index in [1.54, 1.807) is 0 Å². The second-order valence-electron chi connectivity index (χ2n) is 5.27. The average molecular weight is 342 g/mol. The van der Waals surface area contributed by atoms with E-state index in [4.69, 9.17) is 0 Å². The van der Waals surface area contributed by atoms with Crippen LogP contribution in [0.15, 0.2) is 33.6 Å². The van der Waals surface area contributed by atoms with Crippen LogP contribution in [0.3, 0.4) is 0 Å². The average Bonchev–Trinajstić information content (AvgIpc) is 2.37. The van der Waals surface area contributed by atoms with E-state index in [0.29, 0.717) is 6.04 Å². The lowest BCUT2D eigenvalue weighted by Crippen LogP contribution is -2.38. The molecule has 1 fully saturated rings. The molecule has 0 radical (unpaired) electrons. The molecule has 1 aliphatic rings. The van der Waals surface area contributed by atoms with Crippen LogP contribution in [0, 0.1) is 0 Å². The van der Waals surface area contributed by atoms with Crippen molar-refractivity contribution in [2.75, 3.05) is 6.54 Å². The molecule has 1 aliphatic carbocycles. The summed E-state index contributed by atoms with van der Waals surface area (Å²) in [5.41, 5.74) is 0. The molecule has 0 aromatic heterocycles. The zero-order chi connectivity index (χ0) is 13.5. The Morgan fingerprint density at radius 2 is 2.00 bits per heavy atom. The van der Waals surface area contributed by atoms with Gasteiger partial charge in [-0.25, -0.2) is 0 Å². The van der Waals surface area contributed by atoms with Crippen LogP contribution in [0.4, 0.5) is 0 Å². The maximum absolute atomic E-state index is 3.70. The minimum absolute atomic E-state index is 0.675.